The Kier molecular flexibility index (Phi) is 9.89. The Morgan fingerprint density at radius 3 is 2.49 bits per heavy atom. The SMILES string of the molecule is CCOc1cc(/C=c2\sc3n(c2=O)[C@H](c2cc(Br)ccc2OC)C(C(=O)OC(C)C)=C(C)N=3)ccc1OCc1ccc(F)cc1. The molecular formula is C34H32BrFN2O6S. The molecule has 1 aliphatic rings. The second kappa shape index (κ2) is 13.8. The molecule has 0 aliphatic carbocycles. The van der Waals surface area contributed by atoms with Gasteiger partial charge < -0.3 is 18.9 Å². The standard InChI is InChI=1S/C34H32BrFN2O6S/c1-6-42-28-15-22(9-13-27(28)43-18-21-7-11-24(36)12-8-21)16-29-32(39)38-31(25-17-23(35)10-14-26(25)41-5)30(33(40)44-19(2)3)20(4)37-34(38)45-29/h7-17,19,31H,6,18H2,1-5H3/b29-16-/t31-/m1/s1. The molecule has 0 fully saturated rings. The van der Waals surface area contributed by atoms with Crippen molar-refractivity contribution in [2.24, 2.45) is 4.99 Å². The second-order valence-electron chi connectivity index (χ2n) is 10.5. The number of methoxy groups -OCH3 is 1. The highest BCUT2D eigenvalue weighted by Crippen LogP contribution is 2.37. The number of carbonyl (C=O) groups excluding carboxylic acids is 1. The van der Waals surface area contributed by atoms with Crippen molar-refractivity contribution in [3.8, 4) is 17.2 Å². The summed E-state index contributed by atoms with van der Waals surface area (Å²) in [4.78, 5) is 32.7. The van der Waals surface area contributed by atoms with Gasteiger partial charge in [0.2, 0.25) is 0 Å². The molecule has 4 aromatic rings. The van der Waals surface area contributed by atoms with Crippen LogP contribution in [0.25, 0.3) is 6.08 Å². The summed E-state index contributed by atoms with van der Waals surface area (Å²) in [5, 5.41) is 0. The summed E-state index contributed by atoms with van der Waals surface area (Å²) in [6, 6.07) is 16.1. The molecule has 0 bridgehead atoms. The molecule has 45 heavy (non-hydrogen) atoms. The van der Waals surface area contributed by atoms with Gasteiger partial charge in [0.1, 0.15) is 24.2 Å². The number of ether oxygens (including phenoxy) is 4. The highest BCUT2D eigenvalue weighted by atomic mass is 79.9. The first-order valence-electron chi connectivity index (χ1n) is 14.3. The van der Waals surface area contributed by atoms with Crippen LogP contribution < -0.4 is 29.1 Å². The molecule has 3 aromatic carbocycles. The van der Waals surface area contributed by atoms with E-state index >= 15 is 0 Å². The number of carbonyl (C=O) groups is 1. The average Bonchev–Trinajstić information content (AvgIpc) is 3.30. The lowest BCUT2D eigenvalue weighted by molar-refractivity contribution is -0.143. The van der Waals surface area contributed by atoms with Crippen molar-refractivity contribution in [1.29, 1.82) is 0 Å². The van der Waals surface area contributed by atoms with Gasteiger partial charge in [-0.05, 0) is 87.4 Å². The number of fused-ring (bicyclic) bond motifs is 1. The van der Waals surface area contributed by atoms with E-state index in [0.717, 1.165) is 10.0 Å². The van der Waals surface area contributed by atoms with Gasteiger partial charge in [0.15, 0.2) is 16.3 Å². The van der Waals surface area contributed by atoms with Crippen LogP contribution >= 0.6 is 27.3 Å². The Bertz CT molecular complexity index is 1950. The molecule has 1 atom stereocenters. The van der Waals surface area contributed by atoms with Gasteiger partial charge in [-0.25, -0.2) is 14.2 Å². The molecule has 11 heteroatoms. The number of thiazole rings is 1. The zero-order valence-corrected chi connectivity index (χ0v) is 27.8. The van der Waals surface area contributed by atoms with E-state index in [1.165, 1.54) is 28.0 Å². The second-order valence-corrected chi connectivity index (χ2v) is 12.4. The molecule has 2 heterocycles. The monoisotopic (exact) mass is 694 g/mol. The topological polar surface area (TPSA) is 88.4 Å². The van der Waals surface area contributed by atoms with E-state index in [9.17, 15) is 14.0 Å². The van der Waals surface area contributed by atoms with E-state index in [1.54, 1.807) is 64.3 Å². The minimum Gasteiger partial charge on any atom is -0.496 e. The minimum atomic E-state index is -0.830. The fourth-order valence-corrected chi connectivity index (χ4v) is 6.39. The fraction of sp³-hybridized carbons (Fsp3) is 0.265. The van der Waals surface area contributed by atoms with Crippen molar-refractivity contribution >= 4 is 39.3 Å². The van der Waals surface area contributed by atoms with Crippen molar-refractivity contribution in [1.82, 2.24) is 4.57 Å². The minimum absolute atomic E-state index is 0.234. The first-order valence-corrected chi connectivity index (χ1v) is 15.9. The number of esters is 1. The van der Waals surface area contributed by atoms with E-state index in [2.05, 4.69) is 20.9 Å². The van der Waals surface area contributed by atoms with Gasteiger partial charge >= 0.3 is 5.97 Å². The summed E-state index contributed by atoms with van der Waals surface area (Å²) in [6.45, 7) is 7.79. The van der Waals surface area contributed by atoms with Crippen molar-refractivity contribution in [2.75, 3.05) is 13.7 Å². The first-order chi connectivity index (χ1) is 21.6. The predicted molar refractivity (Wildman–Crippen MR) is 174 cm³/mol. The Labute approximate surface area is 272 Å². The highest BCUT2D eigenvalue weighted by molar-refractivity contribution is 9.10. The van der Waals surface area contributed by atoms with Crippen LogP contribution in [0.2, 0.25) is 0 Å². The average molecular weight is 696 g/mol. The maximum absolute atomic E-state index is 14.1. The Morgan fingerprint density at radius 2 is 1.80 bits per heavy atom. The third kappa shape index (κ3) is 7.04. The molecule has 1 aliphatic heterocycles. The molecule has 8 nitrogen and oxygen atoms in total. The van der Waals surface area contributed by atoms with Crippen molar-refractivity contribution < 1.29 is 28.1 Å². The summed E-state index contributed by atoms with van der Waals surface area (Å²) in [6.07, 6.45) is 1.39. The number of rotatable bonds is 10. The lowest BCUT2D eigenvalue weighted by Crippen LogP contribution is -2.40. The van der Waals surface area contributed by atoms with E-state index in [1.807, 2.05) is 25.1 Å². The summed E-state index contributed by atoms with van der Waals surface area (Å²) in [7, 11) is 1.54. The van der Waals surface area contributed by atoms with Gasteiger partial charge in [0, 0.05) is 10.0 Å². The number of hydrogen-bond donors (Lipinski definition) is 0. The molecule has 0 saturated carbocycles. The molecule has 0 amide bonds. The number of aromatic nitrogens is 1. The Balaban J connectivity index is 1.59. The zero-order valence-electron chi connectivity index (χ0n) is 25.4. The quantitative estimate of drug-likeness (QED) is 0.187. The molecule has 0 radical (unpaired) electrons. The predicted octanol–water partition coefficient (Wildman–Crippen LogP) is 6.07. The molecule has 5 rings (SSSR count). The van der Waals surface area contributed by atoms with E-state index in [0.29, 0.717) is 50.0 Å². The molecule has 0 spiro atoms. The summed E-state index contributed by atoms with van der Waals surface area (Å²) in [5.74, 6) is 0.676. The molecule has 0 N–H and O–H groups in total. The van der Waals surface area contributed by atoms with E-state index in [4.69, 9.17) is 18.9 Å². The normalized spacial score (nSPS) is 14.7. The van der Waals surface area contributed by atoms with Crippen LogP contribution in [0.15, 0.2) is 86.2 Å². The number of nitrogens with zero attached hydrogens (tertiary/aromatic N) is 2. The van der Waals surface area contributed by atoms with Gasteiger partial charge in [-0.2, -0.15) is 0 Å². The van der Waals surface area contributed by atoms with Crippen molar-refractivity contribution in [3.05, 3.63) is 119 Å². The van der Waals surface area contributed by atoms with Crippen LogP contribution in [0.5, 0.6) is 17.2 Å². The van der Waals surface area contributed by atoms with Crippen LogP contribution in [0.4, 0.5) is 4.39 Å². The third-order valence-corrected chi connectivity index (χ3v) is 8.42. The number of allylic oxidation sites excluding steroid dienone is 1. The lowest BCUT2D eigenvalue weighted by Gasteiger charge is -2.26. The van der Waals surface area contributed by atoms with E-state index in [-0.39, 0.29) is 29.7 Å². The van der Waals surface area contributed by atoms with Crippen LogP contribution in [0.3, 0.4) is 0 Å². The number of halogens is 2. The van der Waals surface area contributed by atoms with Crippen molar-refractivity contribution in [3.63, 3.8) is 0 Å². The highest BCUT2D eigenvalue weighted by Gasteiger charge is 2.35. The van der Waals surface area contributed by atoms with Crippen LogP contribution in [-0.4, -0.2) is 30.4 Å². The summed E-state index contributed by atoms with van der Waals surface area (Å²) >= 11 is 4.75. The van der Waals surface area contributed by atoms with Crippen LogP contribution in [-0.2, 0) is 16.1 Å². The summed E-state index contributed by atoms with van der Waals surface area (Å²) < 4.78 is 39.1. The molecule has 234 valence electrons. The Morgan fingerprint density at radius 1 is 1.07 bits per heavy atom. The lowest BCUT2D eigenvalue weighted by atomic mass is 9.95. The molecule has 0 saturated heterocycles. The zero-order chi connectivity index (χ0) is 32.2. The maximum Gasteiger partial charge on any atom is 0.338 e. The third-order valence-electron chi connectivity index (χ3n) is 6.94. The molecule has 1 aromatic heterocycles. The molecule has 0 unspecified atom stereocenters. The van der Waals surface area contributed by atoms with Gasteiger partial charge in [-0.15, -0.1) is 0 Å². The smallest absolute Gasteiger partial charge is 0.338 e. The van der Waals surface area contributed by atoms with E-state index < -0.39 is 12.0 Å². The van der Waals surface area contributed by atoms with Gasteiger partial charge in [0.05, 0.1) is 35.6 Å². The van der Waals surface area contributed by atoms with Gasteiger partial charge in [-0.3, -0.25) is 9.36 Å². The fourth-order valence-electron chi connectivity index (χ4n) is 4.97. The van der Waals surface area contributed by atoms with Gasteiger partial charge in [-0.1, -0.05) is 45.5 Å². The molecular weight excluding hydrogens is 663 g/mol. The number of benzene rings is 3. The maximum atomic E-state index is 14.1. The van der Waals surface area contributed by atoms with Crippen LogP contribution in [0.1, 0.15) is 50.4 Å². The van der Waals surface area contributed by atoms with Gasteiger partial charge in [0.25, 0.3) is 5.56 Å². The number of hydrogen-bond acceptors (Lipinski definition) is 8. The van der Waals surface area contributed by atoms with Crippen molar-refractivity contribution in [2.45, 2.75) is 46.4 Å². The summed E-state index contributed by atoms with van der Waals surface area (Å²) in [5.41, 5.74) is 2.55. The largest absolute Gasteiger partial charge is 0.496 e. The Hall–Kier alpha value is -4.22. The van der Waals surface area contributed by atoms with Crippen LogP contribution in [0, 0.1) is 5.82 Å². The first kappa shape index (κ1) is 32.2.